The molecule has 24 heteroatoms. The molecule has 0 bridgehead atoms. The lowest BCUT2D eigenvalue weighted by atomic mass is 10.0. The first-order valence-electron chi connectivity index (χ1n) is 30.5. The zero-order chi connectivity index (χ0) is 68.0. The molecular weight excluding hydrogens is 1210 g/mol. The Hall–Kier alpha value is -12.2. The van der Waals surface area contributed by atoms with Gasteiger partial charge in [-0.15, -0.1) is 0 Å². The molecule has 3 aromatic heterocycles. The highest BCUT2D eigenvalue weighted by molar-refractivity contribution is 6.05. The highest BCUT2D eigenvalue weighted by Crippen LogP contribution is 2.37. The van der Waals surface area contributed by atoms with E-state index < -0.39 is 17.7 Å². The fraction of sp³-hybridized carbons (Fsp3) is 0.197. The maximum Gasteiger partial charge on any atom is 0.254 e. The number of nitrogens with two attached hydrogens (primary N) is 3. The van der Waals surface area contributed by atoms with Gasteiger partial charge >= 0.3 is 0 Å². The molecule has 490 valence electrons. The fourth-order valence-corrected chi connectivity index (χ4v) is 10.4. The lowest BCUT2D eigenvalue weighted by molar-refractivity contribution is -0.127. The topological polar surface area (TPSA) is 316 Å². The number of likely N-dealkylation sites (N-methyl/N-ethyl adjacent to an activating group) is 1. The number of rotatable bonds is 26. The van der Waals surface area contributed by atoms with E-state index in [0.29, 0.717) is 103 Å². The monoisotopic (exact) mass is 1280 g/mol. The van der Waals surface area contributed by atoms with Gasteiger partial charge in [0.15, 0.2) is 0 Å². The van der Waals surface area contributed by atoms with Crippen molar-refractivity contribution in [1.29, 1.82) is 0 Å². The summed E-state index contributed by atoms with van der Waals surface area (Å²) >= 11 is 0. The van der Waals surface area contributed by atoms with Crippen molar-refractivity contribution in [1.82, 2.24) is 44.5 Å². The SMILES string of the molecule is C=CC(=O)N(C)CCn1nc(-c2ccc(Oc3ccccc3)cc2)c(C(N)=O)c1NC.C=CC(=O)N1CCCC(n2nc(-c3ccc(Oc4ccccc4)cc3)c(C(N)=O)c2NCC)C1.C=CC(=O)NCCn1nc(-c2ccc(Oc3ccccc3)cc2)c(C(N)=O)c1NC. The maximum absolute atomic E-state index is 12.5. The number of anilines is 3. The van der Waals surface area contributed by atoms with Crippen LogP contribution in [0.25, 0.3) is 33.8 Å². The lowest BCUT2D eigenvalue weighted by Gasteiger charge is -2.33. The van der Waals surface area contributed by atoms with Crippen molar-refractivity contribution >= 4 is 52.9 Å². The molecule has 1 fully saturated rings. The number of primary amides is 3. The molecule has 95 heavy (non-hydrogen) atoms. The second-order valence-corrected chi connectivity index (χ2v) is 21.3. The van der Waals surface area contributed by atoms with Crippen molar-refractivity contribution in [2.45, 2.75) is 38.9 Å². The number of hydrogen-bond donors (Lipinski definition) is 7. The summed E-state index contributed by atoms with van der Waals surface area (Å²) in [7, 11) is 5.05. The van der Waals surface area contributed by atoms with Gasteiger partial charge in [0.25, 0.3) is 17.7 Å². The van der Waals surface area contributed by atoms with E-state index in [1.807, 2.05) is 163 Å². The van der Waals surface area contributed by atoms with Crippen LogP contribution in [0.5, 0.6) is 34.5 Å². The molecule has 0 aliphatic carbocycles. The highest BCUT2D eigenvalue weighted by Gasteiger charge is 2.31. The van der Waals surface area contributed by atoms with E-state index in [2.05, 4.69) is 51.2 Å². The second-order valence-electron chi connectivity index (χ2n) is 21.3. The summed E-state index contributed by atoms with van der Waals surface area (Å²) in [4.78, 5) is 75.5. The average Bonchev–Trinajstić information content (AvgIpc) is 1.65. The number of nitrogens with zero attached hydrogens (tertiary/aromatic N) is 8. The van der Waals surface area contributed by atoms with Gasteiger partial charge < -0.3 is 62.5 Å². The van der Waals surface area contributed by atoms with Gasteiger partial charge in [-0.05, 0) is 147 Å². The van der Waals surface area contributed by atoms with Crippen molar-refractivity contribution in [2.24, 2.45) is 17.2 Å². The number of aromatic nitrogens is 6. The molecule has 10 N–H and O–H groups in total. The van der Waals surface area contributed by atoms with E-state index in [9.17, 15) is 28.8 Å². The molecule has 0 saturated carbocycles. The fourth-order valence-electron chi connectivity index (χ4n) is 10.4. The van der Waals surface area contributed by atoms with Gasteiger partial charge in [0.05, 0.1) is 19.1 Å². The summed E-state index contributed by atoms with van der Waals surface area (Å²) in [6.07, 6.45) is 5.45. The standard InChI is InChI=1S/C26H29N5O3.C23H25N5O3.C22H23N5O3/c1-3-22(32)30-16-8-9-19(17-30)31-26(28-4-2)23(25(27)33)24(29-31)18-12-14-21(15-13-18)34-20-10-6-5-7-11-20;1-4-19(29)27(3)14-15-28-23(25-2)20(22(24)30)21(26-28)16-10-12-18(13-11-16)31-17-8-6-5-7-9-17;1-3-18(28)25-13-14-27-22(24-2)19(21(23)29)20(26-27)15-9-11-17(12-10-15)30-16-7-5-4-6-8-16/h3,5-7,10-15,19,28H,1,4,8-9,16-17H2,2H3,(H2,27,33);4-13,25H,1,14-15H2,2-3H3,(H2,24,30);3-12,24H,1,13-14H2,2H3,(H2,23,29)(H,25,28). The quantitative estimate of drug-likeness (QED) is 0.0248. The van der Waals surface area contributed by atoms with Crippen LogP contribution < -0.4 is 52.7 Å². The third-order valence-electron chi connectivity index (χ3n) is 14.9. The van der Waals surface area contributed by atoms with Crippen LogP contribution >= 0.6 is 0 Å². The second kappa shape index (κ2) is 33.2. The Labute approximate surface area is 550 Å². The molecule has 10 rings (SSSR count). The number of nitrogens with one attached hydrogen (secondary N) is 4. The number of likely N-dealkylation sites (tertiary alicyclic amines) is 1. The van der Waals surface area contributed by atoms with Crippen LogP contribution in [0.2, 0.25) is 0 Å². The Bertz CT molecular complexity index is 4130. The van der Waals surface area contributed by atoms with E-state index in [1.165, 1.54) is 23.1 Å². The minimum absolute atomic E-state index is 0.0840. The summed E-state index contributed by atoms with van der Waals surface area (Å²) in [6, 6.07) is 50.2. The van der Waals surface area contributed by atoms with Crippen LogP contribution in [0.3, 0.4) is 0 Å². The van der Waals surface area contributed by atoms with Crippen LogP contribution in [0.4, 0.5) is 17.5 Å². The zero-order valence-corrected chi connectivity index (χ0v) is 53.4. The first-order valence-corrected chi connectivity index (χ1v) is 30.5. The third kappa shape index (κ3) is 17.6. The summed E-state index contributed by atoms with van der Waals surface area (Å²) in [5.74, 6) is 3.41. The van der Waals surface area contributed by atoms with Crippen molar-refractivity contribution in [2.75, 3.05) is 69.8 Å². The Kier molecular flexibility index (Phi) is 24.0. The normalized spacial score (nSPS) is 12.2. The lowest BCUT2D eigenvalue weighted by Crippen LogP contribution is -2.40. The van der Waals surface area contributed by atoms with Gasteiger partial charge in [0, 0.05) is 70.6 Å². The Morgan fingerprint density at radius 1 is 0.547 bits per heavy atom. The number of carbonyl (C=O) groups is 6. The summed E-state index contributed by atoms with van der Waals surface area (Å²) in [5.41, 5.74) is 21.6. The van der Waals surface area contributed by atoms with Gasteiger partial charge in [0.1, 0.15) is 85.7 Å². The third-order valence-corrected chi connectivity index (χ3v) is 14.9. The Balaban J connectivity index is 0.000000183. The smallest absolute Gasteiger partial charge is 0.254 e. The molecule has 0 radical (unpaired) electrons. The minimum Gasteiger partial charge on any atom is -0.457 e. The van der Waals surface area contributed by atoms with Crippen molar-refractivity contribution in [3.63, 3.8) is 0 Å². The molecule has 1 saturated heterocycles. The van der Waals surface area contributed by atoms with Crippen molar-refractivity contribution in [3.8, 4) is 68.3 Å². The molecule has 1 aliphatic heterocycles. The van der Waals surface area contributed by atoms with Gasteiger partial charge in [0.2, 0.25) is 17.7 Å². The van der Waals surface area contributed by atoms with Crippen LogP contribution in [-0.4, -0.2) is 128 Å². The van der Waals surface area contributed by atoms with Crippen LogP contribution in [0, 0.1) is 0 Å². The van der Waals surface area contributed by atoms with Gasteiger partial charge in [-0.2, -0.15) is 15.3 Å². The van der Waals surface area contributed by atoms with Gasteiger partial charge in [-0.1, -0.05) is 74.3 Å². The molecule has 6 aromatic carbocycles. The number of amides is 6. The number of piperidine rings is 1. The van der Waals surface area contributed by atoms with Gasteiger partial charge in [-0.25, -0.2) is 14.0 Å². The summed E-state index contributed by atoms with van der Waals surface area (Å²) < 4.78 is 22.6. The van der Waals surface area contributed by atoms with Crippen molar-refractivity contribution in [3.05, 3.63) is 218 Å². The number of carbonyl (C=O) groups excluding carboxylic acids is 6. The largest absolute Gasteiger partial charge is 0.457 e. The molecule has 24 nitrogen and oxygen atoms in total. The van der Waals surface area contributed by atoms with E-state index in [4.69, 9.17) is 36.5 Å². The average molecular weight is 1280 g/mol. The highest BCUT2D eigenvalue weighted by atomic mass is 16.5. The molecule has 1 atom stereocenters. The minimum atomic E-state index is -0.597. The number of ether oxygens (including phenoxy) is 3. The predicted molar refractivity (Wildman–Crippen MR) is 367 cm³/mol. The molecule has 9 aromatic rings. The molecule has 0 spiro atoms. The predicted octanol–water partition coefficient (Wildman–Crippen LogP) is 10.1. The number of para-hydroxylation sites is 3. The first-order chi connectivity index (χ1) is 46.0. The summed E-state index contributed by atoms with van der Waals surface area (Å²) in [5, 5.41) is 25.9. The summed E-state index contributed by atoms with van der Waals surface area (Å²) in [6.45, 7) is 15.7. The molecular formula is C71H77N15O9. The van der Waals surface area contributed by atoms with E-state index in [0.717, 1.165) is 46.8 Å². The number of hydrogen-bond acceptors (Lipinski definition) is 15. The van der Waals surface area contributed by atoms with Crippen LogP contribution in [0.15, 0.2) is 202 Å². The molecule has 6 amide bonds. The van der Waals surface area contributed by atoms with E-state index in [1.54, 1.807) is 47.5 Å². The van der Waals surface area contributed by atoms with Crippen LogP contribution in [-0.2, 0) is 27.5 Å². The zero-order valence-electron chi connectivity index (χ0n) is 53.4. The van der Waals surface area contributed by atoms with E-state index in [-0.39, 0.29) is 34.9 Å². The Morgan fingerprint density at radius 3 is 1.33 bits per heavy atom. The molecule has 1 unspecified atom stereocenters. The first kappa shape index (κ1) is 68.7. The van der Waals surface area contributed by atoms with E-state index >= 15 is 0 Å². The Morgan fingerprint density at radius 2 is 0.947 bits per heavy atom. The maximum atomic E-state index is 12.5. The molecule has 4 heterocycles. The van der Waals surface area contributed by atoms with Crippen molar-refractivity contribution < 1.29 is 43.0 Å². The molecule has 1 aliphatic rings. The number of benzene rings is 6. The van der Waals surface area contributed by atoms with Crippen LogP contribution in [0.1, 0.15) is 56.9 Å². The van der Waals surface area contributed by atoms with Gasteiger partial charge in [-0.3, -0.25) is 28.8 Å².